The van der Waals surface area contributed by atoms with E-state index in [1.807, 2.05) is 78.5 Å². The van der Waals surface area contributed by atoms with Crippen molar-refractivity contribution in [3.05, 3.63) is 95.9 Å². The van der Waals surface area contributed by atoms with E-state index in [9.17, 15) is 4.79 Å². The van der Waals surface area contributed by atoms with E-state index >= 15 is 0 Å². The van der Waals surface area contributed by atoms with Gasteiger partial charge in [-0.15, -0.1) is 0 Å². The molecule has 0 bridgehead atoms. The molecule has 0 unspecified atom stereocenters. The molecule has 0 fully saturated rings. The molecule has 2 aromatic carbocycles. The van der Waals surface area contributed by atoms with Crippen LogP contribution >= 0.6 is 0 Å². The van der Waals surface area contributed by atoms with Crippen LogP contribution in [0, 0.1) is 6.92 Å². The molecule has 4 rings (SSSR count). The van der Waals surface area contributed by atoms with Gasteiger partial charge in [0, 0.05) is 18.1 Å². The van der Waals surface area contributed by atoms with Crippen molar-refractivity contribution in [3.63, 3.8) is 0 Å². The average Bonchev–Trinajstić information content (AvgIpc) is 3.38. The van der Waals surface area contributed by atoms with E-state index in [-0.39, 0.29) is 5.91 Å². The predicted molar refractivity (Wildman–Crippen MR) is 111 cm³/mol. The van der Waals surface area contributed by atoms with Crippen LogP contribution in [0.15, 0.2) is 79.3 Å². The van der Waals surface area contributed by atoms with Gasteiger partial charge in [-0.25, -0.2) is 4.68 Å². The number of anilines is 1. The van der Waals surface area contributed by atoms with E-state index in [0.717, 1.165) is 17.8 Å². The maximum absolute atomic E-state index is 13.1. The standard InChI is InChI=1S/C23H22N4O/c1-3-18-7-6-8-19(15-18)25-22(28)21-16-24-27(20-11-9-17(2)10-12-20)23(21)26-13-4-5-14-26/h4-16H,3H2,1-2H3,(H,25,28). The summed E-state index contributed by atoms with van der Waals surface area (Å²) in [6.45, 7) is 4.14. The molecule has 2 heterocycles. The second-order valence-electron chi connectivity index (χ2n) is 6.73. The largest absolute Gasteiger partial charge is 0.322 e. The van der Waals surface area contributed by atoms with Crippen LogP contribution in [0.25, 0.3) is 11.5 Å². The summed E-state index contributed by atoms with van der Waals surface area (Å²) in [6.07, 6.45) is 6.37. The molecular formula is C23H22N4O. The van der Waals surface area contributed by atoms with Gasteiger partial charge >= 0.3 is 0 Å². The van der Waals surface area contributed by atoms with Crippen molar-refractivity contribution in [2.75, 3.05) is 5.32 Å². The number of aryl methyl sites for hydroxylation is 2. The Balaban J connectivity index is 1.74. The van der Waals surface area contributed by atoms with Crippen LogP contribution in [-0.4, -0.2) is 20.3 Å². The Kier molecular flexibility index (Phi) is 4.81. The number of hydrogen-bond acceptors (Lipinski definition) is 2. The Morgan fingerprint density at radius 3 is 2.50 bits per heavy atom. The third-order valence-electron chi connectivity index (χ3n) is 4.71. The number of carbonyl (C=O) groups excluding carboxylic acids is 1. The molecule has 0 aliphatic heterocycles. The number of nitrogens with zero attached hydrogens (tertiary/aromatic N) is 3. The van der Waals surface area contributed by atoms with Crippen LogP contribution in [0.1, 0.15) is 28.4 Å². The van der Waals surface area contributed by atoms with Crippen LogP contribution in [0.3, 0.4) is 0 Å². The van der Waals surface area contributed by atoms with Crippen molar-refractivity contribution in [1.29, 1.82) is 0 Å². The lowest BCUT2D eigenvalue weighted by molar-refractivity contribution is 0.102. The number of rotatable bonds is 5. The zero-order valence-corrected chi connectivity index (χ0v) is 16.0. The number of benzene rings is 2. The molecule has 0 aliphatic carbocycles. The Bertz CT molecular complexity index is 1090. The molecule has 0 spiro atoms. The third kappa shape index (κ3) is 3.47. The summed E-state index contributed by atoms with van der Waals surface area (Å²) in [5.41, 5.74) is 4.55. The monoisotopic (exact) mass is 370 g/mol. The second-order valence-corrected chi connectivity index (χ2v) is 6.73. The fraction of sp³-hybridized carbons (Fsp3) is 0.130. The summed E-state index contributed by atoms with van der Waals surface area (Å²) in [5, 5.41) is 7.51. The quantitative estimate of drug-likeness (QED) is 0.549. The smallest absolute Gasteiger partial charge is 0.261 e. The summed E-state index contributed by atoms with van der Waals surface area (Å²) < 4.78 is 3.70. The highest BCUT2D eigenvalue weighted by Crippen LogP contribution is 2.22. The summed E-state index contributed by atoms with van der Waals surface area (Å²) in [7, 11) is 0. The summed E-state index contributed by atoms with van der Waals surface area (Å²) >= 11 is 0. The van der Waals surface area contributed by atoms with Gasteiger partial charge in [0.05, 0.1) is 11.9 Å². The number of carbonyl (C=O) groups is 1. The molecule has 0 saturated carbocycles. The summed E-state index contributed by atoms with van der Waals surface area (Å²) in [4.78, 5) is 13.1. The zero-order chi connectivity index (χ0) is 19.5. The molecule has 5 nitrogen and oxygen atoms in total. The lowest BCUT2D eigenvalue weighted by Gasteiger charge is -2.12. The lowest BCUT2D eigenvalue weighted by atomic mass is 10.1. The van der Waals surface area contributed by atoms with Gasteiger partial charge in [0.2, 0.25) is 0 Å². The summed E-state index contributed by atoms with van der Waals surface area (Å²) in [6, 6.07) is 19.8. The van der Waals surface area contributed by atoms with E-state index in [4.69, 9.17) is 0 Å². The Morgan fingerprint density at radius 2 is 1.79 bits per heavy atom. The average molecular weight is 370 g/mol. The molecule has 4 aromatic rings. The molecule has 0 radical (unpaired) electrons. The lowest BCUT2D eigenvalue weighted by Crippen LogP contribution is -2.15. The highest BCUT2D eigenvalue weighted by molar-refractivity contribution is 6.06. The maximum Gasteiger partial charge on any atom is 0.261 e. The maximum atomic E-state index is 13.1. The predicted octanol–water partition coefficient (Wildman–Crippen LogP) is 4.79. The van der Waals surface area contributed by atoms with Crippen LogP contribution in [0.5, 0.6) is 0 Å². The minimum Gasteiger partial charge on any atom is -0.322 e. The Labute approximate surface area is 164 Å². The van der Waals surface area contributed by atoms with Crippen molar-refractivity contribution in [1.82, 2.24) is 14.3 Å². The highest BCUT2D eigenvalue weighted by Gasteiger charge is 2.20. The van der Waals surface area contributed by atoms with Gasteiger partial charge in [-0.1, -0.05) is 36.8 Å². The van der Waals surface area contributed by atoms with Gasteiger partial charge in [-0.3, -0.25) is 4.79 Å². The van der Waals surface area contributed by atoms with Gasteiger partial charge in [-0.2, -0.15) is 5.10 Å². The zero-order valence-electron chi connectivity index (χ0n) is 16.0. The number of hydrogen-bond donors (Lipinski definition) is 1. The van der Waals surface area contributed by atoms with E-state index in [2.05, 4.69) is 23.4 Å². The summed E-state index contributed by atoms with van der Waals surface area (Å²) in [5.74, 6) is 0.522. The first-order chi connectivity index (χ1) is 13.7. The van der Waals surface area contributed by atoms with Crippen molar-refractivity contribution >= 4 is 11.6 Å². The Morgan fingerprint density at radius 1 is 1.04 bits per heavy atom. The highest BCUT2D eigenvalue weighted by atomic mass is 16.1. The molecule has 0 saturated heterocycles. The van der Waals surface area contributed by atoms with E-state index in [1.165, 1.54) is 11.1 Å². The van der Waals surface area contributed by atoms with Gasteiger partial charge in [0.15, 0.2) is 5.82 Å². The van der Waals surface area contributed by atoms with Gasteiger partial charge in [0.1, 0.15) is 5.56 Å². The first kappa shape index (κ1) is 17.8. The SMILES string of the molecule is CCc1cccc(NC(=O)c2cnn(-c3ccc(C)cc3)c2-n2cccc2)c1. The minimum absolute atomic E-state index is 0.185. The Hall–Kier alpha value is -3.60. The van der Waals surface area contributed by atoms with E-state index in [1.54, 1.807) is 10.9 Å². The molecule has 2 aromatic heterocycles. The van der Waals surface area contributed by atoms with Crippen LogP contribution in [0.2, 0.25) is 0 Å². The van der Waals surface area contributed by atoms with Crippen molar-refractivity contribution < 1.29 is 4.79 Å². The topological polar surface area (TPSA) is 51.9 Å². The normalized spacial score (nSPS) is 10.8. The number of aromatic nitrogens is 3. The molecule has 1 N–H and O–H groups in total. The minimum atomic E-state index is -0.185. The van der Waals surface area contributed by atoms with Crippen LogP contribution < -0.4 is 5.32 Å². The van der Waals surface area contributed by atoms with Crippen LogP contribution in [-0.2, 0) is 6.42 Å². The van der Waals surface area contributed by atoms with Gasteiger partial charge in [-0.05, 0) is 55.3 Å². The third-order valence-corrected chi connectivity index (χ3v) is 4.71. The molecule has 0 atom stereocenters. The van der Waals surface area contributed by atoms with Gasteiger partial charge in [0.25, 0.3) is 5.91 Å². The molecule has 28 heavy (non-hydrogen) atoms. The van der Waals surface area contributed by atoms with Crippen molar-refractivity contribution in [2.24, 2.45) is 0 Å². The van der Waals surface area contributed by atoms with Crippen molar-refractivity contribution in [3.8, 4) is 11.5 Å². The first-order valence-corrected chi connectivity index (χ1v) is 9.34. The molecule has 0 aliphatic rings. The number of amides is 1. The molecule has 140 valence electrons. The number of nitrogens with one attached hydrogen (secondary N) is 1. The van der Waals surface area contributed by atoms with E-state index < -0.39 is 0 Å². The molecule has 5 heteroatoms. The van der Waals surface area contributed by atoms with Crippen molar-refractivity contribution in [2.45, 2.75) is 20.3 Å². The fourth-order valence-corrected chi connectivity index (χ4v) is 3.17. The van der Waals surface area contributed by atoms with E-state index in [0.29, 0.717) is 11.4 Å². The van der Waals surface area contributed by atoms with Crippen LogP contribution in [0.4, 0.5) is 5.69 Å². The molecule has 1 amide bonds. The second kappa shape index (κ2) is 7.56. The molecular weight excluding hydrogens is 348 g/mol. The van der Waals surface area contributed by atoms with Gasteiger partial charge < -0.3 is 9.88 Å². The fourth-order valence-electron chi connectivity index (χ4n) is 3.17. The first-order valence-electron chi connectivity index (χ1n) is 9.34.